The smallest absolute Gasteiger partial charge is 0.193 e. The molecule has 1 fully saturated rings. The molecule has 2 unspecified atom stereocenters. The molecule has 1 aromatic heterocycles. The average molecular weight is 332 g/mol. The number of hydrogen-bond donors (Lipinski definition) is 2. The Kier molecular flexibility index (Phi) is 7.86. The molecule has 5 nitrogen and oxygen atoms in total. The van der Waals surface area contributed by atoms with E-state index in [4.69, 9.17) is 4.99 Å². The number of nitrogens with zero attached hydrogens (tertiary/aromatic N) is 3. The minimum atomic E-state index is 0.750. The van der Waals surface area contributed by atoms with Crippen molar-refractivity contribution in [2.45, 2.75) is 40.0 Å². The van der Waals surface area contributed by atoms with Crippen molar-refractivity contribution in [1.29, 1.82) is 0 Å². The van der Waals surface area contributed by atoms with Crippen LogP contribution in [-0.2, 0) is 0 Å². The zero-order valence-corrected chi connectivity index (χ0v) is 15.5. The lowest BCUT2D eigenvalue weighted by Gasteiger charge is -2.37. The summed E-state index contributed by atoms with van der Waals surface area (Å²) in [6.45, 7) is 11.8. The van der Waals surface area contributed by atoms with Gasteiger partial charge in [0.15, 0.2) is 5.96 Å². The molecule has 1 saturated heterocycles. The van der Waals surface area contributed by atoms with Crippen molar-refractivity contribution in [3.05, 3.63) is 24.4 Å². The molecule has 2 heterocycles. The SMILES string of the molecule is CCNC(=NCCCCNc1ccccn1)N1CC(C)CC(C)C1. The number of rotatable bonds is 7. The van der Waals surface area contributed by atoms with Gasteiger partial charge in [0, 0.05) is 38.9 Å². The topological polar surface area (TPSA) is 52.6 Å². The molecular formula is C19H33N5. The Morgan fingerprint density at radius 2 is 2.04 bits per heavy atom. The van der Waals surface area contributed by atoms with Crippen molar-refractivity contribution < 1.29 is 0 Å². The minimum Gasteiger partial charge on any atom is -0.370 e. The summed E-state index contributed by atoms with van der Waals surface area (Å²) in [6.07, 6.45) is 5.34. The Balaban J connectivity index is 1.72. The molecule has 5 heteroatoms. The molecule has 0 saturated carbocycles. The van der Waals surface area contributed by atoms with Gasteiger partial charge in [-0.05, 0) is 50.2 Å². The normalized spacial score (nSPS) is 21.6. The minimum absolute atomic E-state index is 0.750. The summed E-state index contributed by atoms with van der Waals surface area (Å²) in [5.41, 5.74) is 0. The van der Waals surface area contributed by atoms with Gasteiger partial charge in [0.2, 0.25) is 0 Å². The van der Waals surface area contributed by atoms with Crippen LogP contribution in [0.2, 0.25) is 0 Å². The number of unbranched alkanes of at least 4 members (excludes halogenated alkanes) is 1. The van der Waals surface area contributed by atoms with Crippen LogP contribution in [0.15, 0.2) is 29.4 Å². The molecule has 0 bridgehead atoms. The summed E-state index contributed by atoms with van der Waals surface area (Å²) < 4.78 is 0. The molecule has 2 rings (SSSR count). The third kappa shape index (κ3) is 6.38. The highest BCUT2D eigenvalue weighted by molar-refractivity contribution is 5.80. The molecule has 134 valence electrons. The number of piperidine rings is 1. The van der Waals surface area contributed by atoms with Crippen LogP contribution in [0.1, 0.15) is 40.0 Å². The summed E-state index contributed by atoms with van der Waals surface area (Å²) in [5, 5.41) is 6.81. The van der Waals surface area contributed by atoms with Crippen LogP contribution in [0.25, 0.3) is 0 Å². The zero-order chi connectivity index (χ0) is 17.2. The van der Waals surface area contributed by atoms with Gasteiger partial charge in [-0.1, -0.05) is 19.9 Å². The predicted octanol–water partition coefficient (Wildman–Crippen LogP) is 3.22. The molecule has 1 aliphatic heterocycles. The van der Waals surface area contributed by atoms with Crippen molar-refractivity contribution in [1.82, 2.24) is 15.2 Å². The van der Waals surface area contributed by atoms with Crippen molar-refractivity contribution in [2.24, 2.45) is 16.8 Å². The lowest BCUT2D eigenvalue weighted by molar-refractivity contribution is 0.208. The first kappa shape index (κ1) is 18.6. The van der Waals surface area contributed by atoms with E-state index in [-0.39, 0.29) is 0 Å². The first-order chi connectivity index (χ1) is 11.7. The van der Waals surface area contributed by atoms with Gasteiger partial charge in [-0.25, -0.2) is 4.98 Å². The van der Waals surface area contributed by atoms with Crippen LogP contribution >= 0.6 is 0 Å². The number of nitrogens with one attached hydrogen (secondary N) is 2. The molecule has 2 N–H and O–H groups in total. The molecule has 1 aromatic rings. The fraction of sp³-hybridized carbons (Fsp3) is 0.684. The van der Waals surface area contributed by atoms with Crippen molar-refractivity contribution in [2.75, 3.05) is 38.0 Å². The maximum Gasteiger partial charge on any atom is 0.193 e. The monoisotopic (exact) mass is 331 g/mol. The van der Waals surface area contributed by atoms with Crippen LogP contribution < -0.4 is 10.6 Å². The lowest BCUT2D eigenvalue weighted by Crippen LogP contribution is -2.48. The van der Waals surface area contributed by atoms with Crippen LogP contribution in [-0.4, -0.2) is 48.6 Å². The van der Waals surface area contributed by atoms with E-state index in [2.05, 4.69) is 41.3 Å². The Labute approximate surface area is 147 Å². The van der Waals surface area contributed by atoms with Gasteiger partial charge in [-0.3, -0.25) is 4.99 Å². The van der Waals surface area contributed by atoms with Gasteiger partial charge in [0.05, 0.1) is 0 Å². The van der Waals surface area contributed by atoms with E-state index in [1.54, 1.807) is 0 Å². The van der Waals surface area contributed by atoms with Crippen LogP contribution in [0, 0.1) is 11.8 Å². The van der Waals surface area contributed by atoms with E-state index >= 15 is 0 Å². The molecule has 0 amide bonds. The highest BCUT2D eigenvalue weighted by atomic mass is 15.3. The molecule has 0 radical (unpaired) electrons. The van der Waals surface area contributed by atoms with Crippen molar-refractivity contribution >= 4 is 11.8 Å². The van der Waals surface area contributed by atoms with Gasteiger partial charge < -0.3 is 15.5 Å². The summed E-state index contributed by atoms with van der Waals surface area (Å²) in [5.74, 6) is 3.54. The third-order valence-corrected chi connectivity index (χ3v) is 4.32. The summed E-state index contributed by atoms with van der Waals surface area (Å²) in [6, 6.07) is 5.94. The number of aromatic nitrogens is 1. The first-order valence-electron chi connectivity index (χ1n) is 9.37. The van der Waals surface area contributed by atoms with Gasteiger partial charge in [0.1, 0.15) is 5.82 Å². The van der Waals surface area contributed by atoms with Gasteiger partial charge in [-0.15, -0.1) is 0 Å². The lowest BCUT2D eigenvalue weighted by atomic mass is 9.92. The van der Waals surface area contributed by atoms with E-state index in [1.807, 2.05) is 24.4 Å². The number of anilines is 1. The maximum atomic E-state index is 4.84. The molecule has 2 atom stereocenters. The fourth-order valence-electron chi connectivity index (χ4n) is 3.37. The molecule has 0 aromatic carbocycles. The van der Waals surface area contributed by atoms with E-state index in [0.29, 0.717) is 0 Å². The second-order valence-electron chi connectivity index (χ2n) is 6.94. The van der Waals surface area contributed by atoms with E-state index in [1.165, 1.54) is 6.42 Å². The Hall–Kier alpha value is -1.78. The highest BCUT2D eigenvalue weighted by Crippen LogP contribution is 2.20. The number of hydrogen-bond acceptors (Lipinski definition) is 3. The largest absolute Gasteiger partial charge is 0.370 e. The maximum absolute atomic E-state index is 4.84. The molecular weight excluding hydrogens is 298 g/mol. The van der Waals surface area contributed by atoms with Crippen LogP contribution in [0.5, 0.6) is 0 Å². The van der Waals surface area contributed by atoms with E-state index in [9.17, 15) is 0 Å². The van der Waals surface area contributed by atoms with Crippen LogP contribution in [0.3, 0.4) is 0 Å². The highest BCUT2D eigenvalue weighted by Gasteiger charge is 2.23. The fourth-order valence-corrected chi connectivity index (χ4v) is 3.37. The first-order valence-corrected chi connectivity index (χ1v) is 9.37. The van der Waals surface area contributed by atoms with Gasteiger partial charge >= 0.3 is 0 Å². The molecule has 24 heavy (non-hydrogen) atoms. The molecule has 0 spiro atoms. The van der Waals surface area contributed by atoms with Crippen molar-refractivity contribution in [3.8, 4) is 0 Å². The number of likely N-dealkylation sites (tertiary alicyclic amines) is 1. The number of aliphatic imine (C=N–C) groups is 1. The predicted molar refractivity (Wildman–Crippen MR) is 102 cm³/mol. The quantitative estimate of drug-likeness (QED) is 0.458. The van der Waals surface area contributed by atoms with Gasteiger partial charge in [0.25, 0.3) is 0 Å². The number of guanidine groups is 1. The van der Waals surface area contributed by atoms with Gasteiger partial charge in [-0.2, -0.15) is 0 Å². The summed E-state index contributed by atoms with van der Waals surface area (Å²) in [4.78, 5) is 11.5. The van der Waals surface area contributed by atoms with E-state index < -0.39 is 0 Å². The Morgan fingerprint density at radius 3 is 2.71 bits per heavy atom. The second kappa shape index (κ2) is 10.2. The summed E-state index contributed by atoms with van der Waals surface area (Å²) in [7, 11) is 0. The molecule has 0 aliphatic carbocycles. The van der Waals surface area contributed by atoms with Crippen molar-refractivity contribution in [3.63, 3.8) is 0 Å². The average Bonchev–Trinajstić information content (AvgIpc) is 2.57. The summed E-state index contributed by atoms with van der Waals surface area (Å²) >= 11 is 0. The molecule has 1 aliphatic rings. The standard InChI is InChI=1S/C19H33N5/c1-4-20-19(24-14-16(2)13-17(3)15-24)23-12-8-7-11-22-18-9-5-6-10-21-18/h5-6,9-10,16-17H,4,7-8,11-15H2,1-3H3,(H,20,23)(H,21,22). The third-order valence-electron chi connectivity index (χ3n) is 4.32. The van der Waals surface area contributed by atoms with E-state index in [0.717, 1.165) is 69.2 Å². The Morgan fingerprint density at radius 1 is 1.25 bits per heavy atom. The van der Waals surface area contributed by atoms with Crippen LogP contribution in [0.4, 0.5) is 5.82 Å². The Bertz CT molecular complexity index is 478. The zero-order valence-electron chi connectivity index (χ0n) is 15.5. The number of pyridine rings is 1. The second-order valence-corrected chi connectivity index (χ2v) is 6.94.